The Morgan fingerprint density at radius 2 is 1.86 bits per heavy atom. The van der Waals surface area contributed by atoms with Crippen molar-refractivity contribution in [3.8, 4) is 0 Å². The van der Waals surface area contributed by atoms with E-state index < -0.39 is 10.0 Å². The molecule has 0 aliphatic rings. The molecule has 1 aromatic carbocycles. The van der Waals surface area contributed by atoms with Crippen molar-refractivity contribution in [1.82, 2.24) is 9.78 Å². The second kappa shape index (κ2) is 5.69. The molecule has 114 valence electrons. The van der Waals surface area contributed by atoms with E-state index >= 15 is 0 Å². The van der Waals surface area contributed by atoms with Crippen LogP contribution in [0.5, 0.6) is 0 Å². The number of hydrogen-bond acceptors (Lipinski definition) is 3. The minimum atomic E-state index is -3.74. The van der Waals surface area contributed by atoms with Crippen molar-refractivity contribution in [1.29, 1.82) is 0 Å². The largest absolute Gasteiger partial charge is 0.276 e. The monoisotopic (exact) mass is 327 g/mol. The molecular weight excluding hydrogens is 310 g/mol. The molecule has 2 aromatic rings. The van der Waals surface area contributed by atoms with E-state index in [4.69, 9.17) is 11.6 Å². The molecule has 1 N–H and O–H groups in total. The predicted octanol–water partition coefficient (Wildman–Crippen LogP) is 3.54. The summed E-state index contributed by atoms with van der Waals surface area (Å²) in [5.41, 5.74) is 1.92. The summed E-state index contributed by atoms with van der Waals surface area (Å²) in [6, 6.07) is 6.50. The summed E-state index contributed by atoms with van der Waals surface area (Å²) in [5, 5.41) is 4.56. The normalized spacial score (nSPS) is 11.9. The lowest BCUT2D eigenvalue weighted by atomic mass is 10.3. The third kappa shape index (κ3) is 3.06. The van der Waals surface area contributed by atoms with Gasteiger partial charge in [0.05, 0.1) is 22.1 Å². The first-order chi connectivity index (χ1) is 9.74. The summed E-state index contributed by atoms with van der Waals surface area (Å²) in [5.74, 6) is 0. The molecule has 0 fully saturated rings. The summed E-state index contributed by atoms with van der Waals surface area (Å²) in [4.78, 5) is 0.0581. The van der Waals surface area contributed by atoms with Gasteiger partial charge in [-0.2, -0.15) is 5.10 Å². The zero-order chi connectivity index (χ0) is 15.8. The van der Waals surface area contributed by atoms with Crippen LogP contribution in [-0.2, 0) is 10.0 Å². The SMILES string of the molecule is Cc1nn(C(C)C)c(C)c1NS(=O)(=O)c1ccccc1Cl. The fourth-order valence-corrected chi connectivity index (χ4v) is 3.86. The first kappa shape index (κ1) is 15.9. The molecule has 0 radical (unpaired) electrons. The van der Waals surface area contributed by atoms with Crippen LogP contribution in [0.2, 0.25) is 5.02 Å². The van der Waals surface area contributed by atoms with Crippen molar-refractivity contribution < 1.29 is 8.42 Å². The van der Waals surface area contributed by atoms with Gasteiger partial charge < -0.3 is 0 Å². The van der Waals surface area contributed by atoms with Crippen LogP contribution in [0.15, 0.2) is 29.2 Å². The summed E-state index contributed by atoms with van der Waals surface area (Å²) in [6.07, 6.45) is 0. The molecule has 0 aliphatic carbocycles. The Hall–Kier alpha value is -1.53. The Bertz CT molecular complexity index is 767. The van der Waals surface area contributed by atoms with Crippen LogP contribution in [0.3, 0.4) is 0 Å². The van der Waals surface area contributed by atoms with Gasteiger partial charge in [0.1, 0.15) is 4.90 Å². The highest BCUT2D eigenvalue weighted by Gasteiger charge is 2.22. The molecule has 0 saturated carbocycles. The highest BCUT2D eigenvalue weighted by atomic mass is 35.5. The lowest BCUT2D eigenvalue weighted by Crippen LogP contribution is -2.15. The average molecular weight is 328 g/mol. The van der Waals surface area contributed by atoms with Gasteiger partial charge in [0, 0.05) is 6.04 Å². The van der Waals surface area contributed by atoms with Crippen molar-refractivity contribution in [3.63, 3.8) is 0 Å². The number of rotatable bonds is 4. The van der Waals surface area contributed by atoms with Crippen LogP contribution in [-0.4, -0.2) is 18.2 Å². The van der Waals surface area contributed by atoms with E-state index in [9.17, 15) is 8.42 Å². The number of anilines is 1. The Kier molecular flexibility index (Phi) is 4.30. The molecule has 0 spiro atoms. The smallest absolute Gasteiger partial charge is 0.263 e. The quantitative estimate of drug-likeness (QED) is 0.934. The molecule has 1 heterocycles. The molecule has 0 atom stereocenters. The third-order valence-corrected chi connectivity index (χ3v) is 5.03. The van der Waals surface area contributed by atoms with E-state index in [1.165, 1.54) is 6.07 Å². The Labute approximate surface area is 130 Å². The molecule has 0 saturated heterocycles. The Morgan fingerprint density at radius 3 is 2.38 bits per heavy atom. The number of hydrogen-bond donors (Lipinski definition) is 1. The number of sulfonamides is 1. The minimum Gasteiger partial charge on any atom is -0.276 e. The number of nitrogens with zero attached hydrogens (tertiary/aromatic N) is 2. The summed E-state index contributed by atoms with van der Waals surface area (Å²) >= 11 is 5.97. The molecule has 0 amide bonds. The van der Waals surface area contributed by atoms with Gasteiger partial charge in [-0.3, -0.25) is 9.40 Å². The number of aryl methyl sites for hydroxylation is 1. The van der Waals surface area contributed by atoms with Crippen molar-refractivity contribution >= 4 is 27.3 Å². The molecule has 0 bridgehead atoms. The summed E-state index contributed by atoms with van der Waals surface area (Å²) < 4.78 is 29.3. The molecule has 21 heavy (non-hydrogen) atoms. The Balaban J connectivity index is 2.45. The van der Waals surface area contributed by atoms with Gasteiger partial charge in [-0.25, -0.2) is 8.42 Å². The molecular formula is C14H18ClN3O2S. The van der Waals surface area contributed by atoms with Crippen molar-refractivity contribution in [2.45, 2.75) is 38.6 Å². The van der Waals surface area contributed by atoms with Gasteiger partial charge in [0.2, 0.25) is 0 Å². The average Bonchev–Trinajstić information content (AvgIpc) is 2.67. The van der Waals surface area contributed by atoms with Crippen LogP contribution < -0.4 is 4.72 Å². The zero-order valence-electron chi connectivity index (χ0n) is 12.4. The van der Waals surface area contributed by atoms with Gasteiger partial charge in [-0.05, 0) is 39.8 Å². The van der Waals surface area contributed by atoms with Crippen LogP contribution in [0, 0.1) is 13.8 Å². The predicted molar refractivity (Wildman–Crippen MR) is 84.3 cm³/mol. The van der Waals surface area contributed by atoms with Gasteiger partial charge >= 0.3 is 0 Å². The standard InChI is InChI=1S/C14H18ClN3O2S/c1-9(2)18-11(4)14(10(3)16-18)17-21(19,20)13-8-6-5-7-12(13)15/h5-9,17H,1-4H3. The van der Waals surface area contributed by atoms with E-state index in [0.29, 0.717) is 11.4 Å². The van der Waals surface area contributed by atoms with Crippen molar-refractivity contribution in [2.75, 3.05) is 4.72 Å². The number of aromatic nitrogens is 2. The fourth-order valence-electron chi connectivity index (χ4n) is 2.17. The maximum Gasteiger partial charge on any atom is 0.263 e. The zero-order valence-corrected chi connectivity index (χ0v) is 14.0. The molecule has 5 nitrogen and oxygen atoms in total. The van der Waals surface area contributed by atoms with Gasteiger partial charge in [-0.15, -0.1) is 0 Å². The molecule has 0 aliphatic heterocycles. The molecule has 1 aromatic heterocycles. The lowest BCUT2D eigenvalue weighted by Gasteiger charge is -2.11. The van der Waals surface area contributed by atoms with E-state index in [2.05, 4.69) is 9.82 Å². The highest BCUT2D eigenvalue weighted by Crippen LogP contribution is 2.27. The van der Waals surface area contributed by atoms with Crippen LogP contribution in [0.1, 0.15) is 31.3 Å². The van der Waals surface area contributed by atoms with Crippen LogP contribution >= 0.6 is 11.6 Å². The van der Waals surface area contributed by atoms with Gasteiger partial charge in [0.25, 0.3) is 10.0 Å². The molecule has 7 heteroatoms. The number of nitrogens with one attached hydrogen (secondary N) is 1. The van der Waals surface area contributed by atoms with E-state index in [1.54, 1.807) is 29.8 Å². The second-order valence-corrected chi connectivity index (χ2v) is 7.18. The minimum absolute atomic E-state index is 0.0581. The lowest BCUT2D eigenvalue weighted by molar-refractivity contribution is 0.516. The molecule has 0 unspecified atom stereocenters. The maximum atomic E-state index is 12.5. The maximum absolute atomic E-state index is 12.5. The van der Waals surface area contributed by atoms with Crippen LogP contribution in [0.4, 0.5) is 5.69 Å². The Morgan fingerprint density at radius 1 is 1.24 bits per heavy atom. The van der Waals surface area contributed by atoms with E-state index in [1.807, 2.05) is 20.8 Å². The van der Waals surface area contributed by atoms with E-state index in [-0.39, 0.29) is 16.0 Å². The topological polar surface area (TPSA) is 64.0 Å². The number of halogens is 1. The number of benzene rings is 1. The fraction of sp³-hybridized carbons (Fsp3) is 0.357. The van der Waals surface area contributed by atoms with Crippen LogP contribution in [0.25, 0.3) is 0 Å². The first-order valence-electron chi connectivity index (χ1n) is 6.57. The second-order valence-electron chi connectivity index (χ2n) is 5.12. The van der Waals surface area contributed by atoms with Gasteiger partial charge in [-0.1, -0.05) is 23.7 Å². The molecule has 2 rings (SSSR count). The van der Waals surface area contributed by atoms with Crippen molar-refractivity contribution in [2.24, 2.45) is 0 Å². The van der Waals surface area contributed by atoms with Crippen molar-refractivity contribution in [3.05, 3.63) is 40.7 Å². The van der Waals surface area contributed by atoms with E-state index in [0.717, 1.165) is 5.69 Å². The first-order valence-corrected chi connectivity index (χ1v) is 8.43. The summed E-state index contributed by atoms with van der Waals surface area (Å²) in [7, 11) is -3.74. The summed E-state index contributed by atoms with van der Waals surface area (Å²) in [6.45, 7) is 7.60. The third-order valence-electron chi connectivity index (χ3n) is 3.18. The van der Waals surface area contributed by atoms with Gasteiger partial charge in [0.15, 0.2) is 0 Å². The highest BCUT2D eigenvalue weighted by molar-refractivity contribution is 7.92.